The monoisotopic (exact) mass is 347 g/mol. The number of anilines is 1. The third kappa shape index (κ3) is 3.13. The van der Waals surface area contributed by atoms with Gasteiger partial charge in [-0.15, -0.1) is 10.2 Å². The van der Waals surface area contributed by atoms with E-state index < -0.39 is 5.56 Å². The summed E-state index contributed by atoms with van der Waals surface area (Å²) in [5.74, 6) is 0. The maximum atomic E-state index is 11.9. The summed E-state index contributed by atoms with van der Waals surface area (Å²) in [6.45, 7) is 0. The van der Waals surface area contributed by atoms with E-state index in [-0.39, 0.29) is 5.69 Å². The van der Waals surface area contributed by atoms with Crippen molar-refractivity contribution in [3.05, 3.63) is 62.9 Å². The molecule has 1 heterocycles. The van der Waals surface area contributed by atoms with Crippen molar-refractivity contribution in [1.82, 2.24) is 10.2 Å². The Hall–Kier alpha value is -2.57. The molecule has 2 aromatic carbocycles. The van der Waals surface area contributed by atoms with Crippen molar-refractivity contribution in [3.8, 4) is 11.3 Å². The molecule has 0 radical (unpaired) electrons. The number of benzene rings is 2. The molecule has 0 unspecified atom stereocenters. The minimum atomic E-state index is -0.399. The number of nitrogens with one attached hydrogen (secondary N) is 2. The van der Waals surface area contributed by atoms with Crippen LogP contribution in [0.2, 0.25) is 10.0 Å². The van der Waals surface area contributed by atoms with E-state index >= 15 is 0 Å². The van der Waals surface area contributed by atoms with Crippen molar-refractivity contribution in [2.75, 3.05) is 5.73 Å². The fourth-order valence-electron chi connectivity index (χ4n) is 1.99. The first kappa shape index (κ1) is 15.3. The number of nitrogen functional groups attached to an aromatic ring is 1. The quantitative estimate of drug-likeness (QED) is 0.473. The van der Waals surface area contributed by atoms with Crippen LogP contribution in [0.5, 0.6) is 0 Å². The topological polar surface area (TPSA) is 99.4 Å². The Morgan fingerprint density at radius 2 is 1.48 bits per heavy atom. The van der Waals surface area contributed by atoms with Gasteiger partial charge >= 0.3 is 0 Å². The van der Waals surface area contributed by atoms with Crippen molar-refractivity contribution >= 4 is 40.3 Å². The summed E-state index contributed by atoms with van der Waals surface area (Å²) in [5.41, 5.74) is 7.57. The Bertz CT molecular complexity index is 908. The summed E-state index contributed by atoms with van der Waals surface area (Å²) in [5, 5.41) is 14.0. The molecule has 8 heteroatoms. The maximum Gasteiger partial charge on any atom is 0.292 e. The van der Waals surface area contributed by atoms with E-state index in [0.29, 0.717) is 27.1 Å². The number of aromatic amines is 2. The van der Waals surface area contributed by atoms with Crippen molar-refractivity contribution < 1.29 is 0 Å². The number of azo groups is 1. The van der Waals surface area contributed by atoms with E-state index in [0.717, 1.165) is 5.56 Å². The van der Waals surface area contributed by atoms with E-state index in [2.05, 4.69) is 20.4 Å². The van der Waals surface area contributed by atoms with E-state index in [4.69, 9.17) is 28.9 Å². The lowest BCUT2D eigenvalue weighted by atomic mass is 10.1. The zero-order chi connectivity index (χ0) is 16.4. The van der Waals surface area contributed by atoms with Crippen LogP contribution in [0, 0.1) is 0 Å². The van der Waals surface area contributed by atoms with Crippen LogP contribution in [0.15, 0.2) is 57.5 Å². The van der Waals surface area contributed by atoms with Gasteiger partial charge in [0.2, 0.25) is 0 Å². The first-order valence-electron chi connectivity index (χ1n) is 6.58. The molecule has 0 spiro atoms. The van der Waals surface area contributed by atoms with Gasteiger partial charge in [-0.25, -0.2) is 0 Å². The van der Waals surface area contributed by atoms with Crippen LogP contribution in [0.4, 0.5) is 17.1 Å². The third-order valence-electron chi connectivity index (χ3n) is 3.14. The zero-order valence-electron chi connectivity index (χ0n) is 11.7. The molecule has 6 nitrogen and oxygen atoms in total. The van der Waals surface area contributed by atoms with Crippen LogP contribution in [-0.2, 0) is 0 Å². The van der Waals surface area contributed by atoms with Gasteiger partial charge in [0.1, 0.15) is 5.69 Å². The molecular weight excluding hydrogens is 337 g/mol. The molecule has 0 atom stereocenters. The van der Waals surface area contributed by atoms with Crippen LogP contribution in [0.1, 0.15) is 0 Å². The van der Waals surface area contributed by atoms with Crippen LogP contribution in [0.3, 0.4) is 0 Å². The third-order valence-corrected chi connectivity index (χ3v) is 3.75. The van der Waals surface area contributed by atoms with Crippen LogP contribution >= 0.6 is 23.2 Å². The molecule has 0 saturated carbocycles. The molecule has 0 aliphatic heterocycles. The lowest BCUT2D eigenvalue weighted by Gasteiger charge is -2.01. The normalized spacial score (nSPS) is 11.2. The molecule has 0 saturated heterocycles. The first-order chi connectivity index (χ1) is 11.1. The smallest absolute Gasteiger partial charge is 0.292 e. The molecule has 0 aliphatic rings. The van der Waals surface area contributed by atoms with Gasteiger partial charge in [-0.05, 0) is 24.3 Å². The Morgan fingerprint density at radius 3 is 2.13 bits per heavy atom. The summed E-state index contributed by atoms with van der Waals surface area (Å²) in [4.78, 5) is 11.9. The van der Waals surface area contributed by atoms with Gasteiger partial charge in [-0.1, -0.05) is 41.4 Å². The highest BCUT2D eigenvalue weighted by Crippen LogP contribution is 2.34. The number of halogens is 2. The number of nitrogens with two attached hydrogens (primary N) is 1. The predicted molar refractivity (Wildman–Crippen MR) is 91.9 cm³/mol. The average molecular weight is 348 g/mol. The second kappa shape index (κ2) is 6.28. The van der Waals surface area contributed by atoms with E-state index in [1.807, 2.05) is 0 Å². The van der Waals surface area contributed by atoms with Crippen LogP contribution in [0.25, 0.3) is 11.3 Å². The number of nitrogens with zero attached hydrogens (tertiary/aromatic N) is 2. The van der Waals surface area contributed by atoms with Gasteiger partial charge in [-0.2, -0.15) is 0 Å². The van der Waals surface area contributed by atoms with Crippen molar-refractivity contribution in [2.24, 2.45) is 10.2 Å². The zero-order valence-corrected chi connectivity index (χ0v) is 13.2. The Labute approximate surface area is 140 Å². The highest BCUT2D eigenvalue weighted by molar-refractivity contribution is 6.38. The van der Waals surface area contributed by atoms with Gasteiger partial charge in [0.15, 0.2) is 5.69 Å². The van der Waals surface area contributed by atoms with E-state index in [1.54, 1.807) is 42.5 Å². The van der Waals surface area contributed by atoms with Crippen LogP contribution in [-0.4, -0.2) is 10.2 Å². The molecule has 23 heavy (non-hydrogen) atoms. The van der Waals surface area contributed by atoms with Gasteiger partial charge in [0.25, 0.3) is 5.56 Å². The molecule has 0 amide bonds. The lowest BCUT2D eigenvalue weighted by Crippen LogP contribution is -1.96. The molecule has 0 aliphatic carbocycles. The summed E-state index contributed by atoms with van der Waals surface area (Å²) >= 11 is 12.1. The SMILES string of the molecule is Nc1ccc(-c2[nH][nH]c(=O)c2N=Nc2c(Cl)cccc2Cl)cc1. The molecule has 3 aromatic rings. The minimum absolute atomic E-state index is 0.130. The molecule has 4 N–H and O–H groups in total. The van der Waals surface area contributed by atoms with Gasteiger partial charge in [-0.3, -0.25) is 15.0 Å². The van der Waals surface area contributed by atoms with E-state index in [9.17, 15) is 4.79 Å². The largest absolute Gasteiger partial charge is 0.399 e. The lowest BCUT2D eigenvalue weighted by molar-refractivity contribution is 1.06. The number of hydrogen-bond donors (Lipinski definition) is 3. The van der Waals surface area contributed by atoms with Gasteiger partial charge < -0.3 is 5.73 Å². The molecular formula is C15H11Cl2N5O. The first-order valence-corrected chi connectivity index (χ1v) is 7.34. The summed E-state index contributed by atoms with van der Waals surface area (Å²) in [6, 6.07) is 12.0. The molecule has 116 valence electrons. The number of H-pyrrole nitrogens is 2. The Kier molecular flexibility index (Phi) is 4.18. The number of hydrogen-bond acceptors (Lipinski definition) is 4. The second-order valence-corrected chi connectivity index (χ2v) is 5.51. The summed E-state index contributed by atoms with van der Waals surface area (Å²) in [7, 11) is 0. The Morgan fingerprint density at radius 1 is 0.870 bits per heavy atom. The van der Waals surface area contributed by atoms with Crippen molar-refractivity contribution in [2.45, 2.75) is 0 Å². The Balaban J connectivity index is 2.04. The van der Waals surface area contributed by atoms with Crippen LogP contribution < -0.4 is 11.3 Å². The second-order valence-electron chi connectivity index (χ2n) is 4.70. The maximum absolute atomic E-state index is 11.9. The van der Waals surface area contributed by atoms with Crippen molar-refractivity contribution in [1.29, 1.82) is 0 Å². The molecule has 0 bridgehead atoms. The summed E-state index contributed by atoms with van der Waals surface area (Å²) in [6.07, 6.45) is 0. The fraction of sp³-hybridized carbons (Fsp3) is 0. The van der Waals surface area contributed by atoms with Gasteiger partial charge in [0.05, 0.1) is 15.7 Å². The fourth-order valence-corrected chi connectivity index (χ4v) is 2.46. The van der Waals surface area contributed by atoms with E-state index in [1.165, 1.54) is 0 Å². The van der Waals surface area contributed by atoms with Gasteiger partial charge in [0, 0.05) is 11.3 Å². The number of rotatable bonds is 3. The average Bonchev–Trinajstić information content (AvgIpc) is 2.89. The molecule has 1 aromatic heterocycles. The minimum Gasteiger partial charge on any atom is -0.399 e. The van der Waals surface area contributed by atoms with Crippen molar-refractivity contribution in [3.63, 3.8) is 0 Å². The standard InChI is InChI=1S/C15H11Cl2N5O/c16-10-2-1-3-11(17)13(10)20-21-14-12(19-22-15(14)23)8-4-6-9(18)7-5-8/h1-7H,18H2,(H2,19,22,23). The highest BCUT2D eigenvalue weighted by Gasteiger charge is 2.12. The molecule has 0 fully saturated rings. The number of aromatic nitrogens is 2. The predicted octanol–water partition coefficient (Wildman–Crippen LogP) is 4.67. The highest BCUT2D eigenvalue weighted by atomic mass is 35.5. The molecule has 3 rings (SSSR count). The summed E-state index contributed by atoms with van der Waals surface area (Å²) < 4.78 is 0.